The quantitative estimate of drug-likeness (QED) is 0.544. The lowest BCUT2D eigenvalue weighted by atomic mass is 10.0. The van der Waals surface area contributed by atoms with Crippen LogP contribution in [-0.2, 0) is 25.4 Å². The third-order valence-electron chi connectivity index (χ3n) is 6.04. The molecule has 4 aromatic rings. The highest BCUT2D eigenvalue weighted by Gasteiger charge is 2.33. The van der Waals surface area contributed by atoms with Crippen molar-refractivity contribution in [2.45, 2.75) is 19.6 Å². The molecular weight excluding hydrogens is 394 g/mol. The Bertz CT molecular complexity index is 1440. The molecule has 0 spiro atoms. The molecule has 0 amide bonds. The van der Waals surface area contributed by atoms with Crippen LogP contribution in [0.4, 0.5) is 0 Å². The second kappa shape index (κ2) is 6.99. The van der Waals surface area contributed by atoms with Crippen LogP contribution in [-0.4, -0.2) is 25.4 Å². The average Bonchev–Trinajstić information content (AvgIpc) is 3.12. The molecule has 0 bridgehead atoms. The zero-order valence-corrected chi connectivity index (χ0v) is 17.6. The van der Waals surface area contributed by atoms with E-state index in [1.807, 2.05) is 25.1 Å². The summed E-state index contributed by atoms with van der Waals surface area (Å²) in [5.41, 5.74) is 4.34. The van der Waals surface area contributed by atoms with Crippen molar-refractivity contribution < 1.29 is 9.84 Å². The van der Waals surface area contributed by atoms with Crippen LogP contribution >= 0.6 is 0 Å². The van der Waals surface area contributed by atoms with E-state index in [0.717, 1.165) is 32.6 Å². The number of hydrogen-bond acceptors (Lipinski definition) is 4. The predicted molar refractivity (Wildman–Crippen MR) is 118 cm³/mol. The Balaban J connectivity index is 1.94. The van der Waals surface area contributed by atoms with Gasteiger partial charge < -0.3 is 14.4 Å². The largest absolute Gasteiger partial charge is 0.508 e. The average molecular weight is 417 g/mol. The molecule has 1 unspecified atom stereocenters. The zero-order valence-electron chi connectivity index (χ0n) is 17.6. The van der Waals surface area contributed by atoms with Crippen LogP contribution in [0, 0.1) is 6.92 Å². The highest BCUT2D eigenvalue weighted by atomic mass is 16.5. The normalized spacial score (nSPS) is 15.9. The monoisotopic (exact) mass is 417 g/mol. The summed E-state index contributed by atoms with van der Waals surface area (Å²) in [5, 5.41) is 10.2. The summed E-state index contributed by atoms with van der Waals surface area (Å²) in [6.45, 7) is 3.05. The van der Waals surface area contributed by atoms with Crippen molar-refractivity contribution in [2.75, 3.05) is 6.61 Å². The second-order valence-corrected chi connectivity index (χ2v) is 8.03. The highest BCUT2D eigenvalue weighted by molar-refractivity contribution is 5.96. The SMILES string of the molecule is Cc1cccc(-c2c3c(=O)n(C)c(=O)n(C)c3c3n2CCOC3c2ccc(O)cc2)c1. The van der Waals surface area contributed by atoms with Crippen molar-refractivity contribution in [3.63, 3.8) is 0 Å². The summed E-state index contributed by atoms with van der Waals surface area (Å²) in [6, 6.07) is 14.9. The Morgan fingerprint density at radius 2 is 1.77 bits per heavy atom. The van der Waals surface area contributed by atoms with E-state index in [1.54, 1.807) is 31.3 Å². The van der Waals surface area contributed by atoms with Gasteiger partial charge in [-0.05, 0) is 36.2 Å². The van der Waals surface area contributed by atoms with Crippen LogP contribution in [0.2, 0.25) is 0 Å². The molecule has 2 aromatic carbocycles. The number of phenolic OH excluding ortho intramolecular Hbond substituents is 1. The summed E-state index contributed by atoms with van der Waals surface area (Å²) in [5.74, 6) is 0.168. The molecule has 7 nitrogen and oxygen atoms in total. The van der Waals surface area contributed by atoms with Gasteiger partial charge in [0.25, 0.3) is 5.56 Å². The number of aromatic hydroxyl groups is 1. The van der Waals surface area contributed by atoms with E-state index in [2.05, 4.69) is 10.6 Å². The van der Waals surface area contributed by atoms with Crippen molar-refractivity contribution in [3.8, 4) is 17.0 Å². The number of fused-ring (bicyclic) bond motifs is 3. The fraction of sp³-hybridized carbons (Fsp3) is 0.250. The third kappa shape index (κ3) is 2.84. The molecule has 0 saturated heterocycles. The summed E-state index contributed by atoms with van der Waals surface area (Å²) < 4.78 is 11.0. The summed E-state index contributed by atoms with van der Waals surface area (Å²) in [7, 11) is 3.20. The molecule has 0 radical (unpaired) electrons. The van der Waals surface area contributed by atoms with Crippen molar-refractivity contribution in [1.29, 1.82) is 0 Å². The molecule has 31 heavy (non-hydrogen) atoms. The standard InChI is InChI=1S/C24H23N3O4/c1-14-5-4-6-16(13-14)19-18-20(25(2)24(30)26(3)23(18)29)21-22(31-12-11-27(19)21)15-7-9-17(28)10-8-15/h4-10,13,22,28H,11-12H2,1-3H3. The van der Waals surface area contributed by atoms with Crippen molar-refractivity contribution in [2.24, 2.45) is 14.1 Å². The fourth-order valence-corrected chi connectivity index (χ4v) is 4.58. The summed E-state index contributed by atoms with van der Waals surface area (Å²) in [4.78, 5) is 26.2. The molecule has 3 heterocycles. The molecule has 0 aliphatic carbocycles. The summed E-state index contributed by atoms with van der Waals surface area (Å²) in [6.07, 6.45) is -0.465. The predicted octanol–water partition coefficient (Wildman–Crippen LogP) is 2.84. The molecular formula is C24H23N3O4. The fourth-order valence-electron chi connectivity index (χ4n) is 4.58. The molecule has 2 aromatic heterocycles. The molecule has 158 valence electrons. The number of phenols is 1. The number of aryl methyl sites for hydroxylation is 2. The first-order chi connectivity index (χ1) is 14.9. The van der Waals surface area contributed by atoms with E-state index in [-0.39, 0.29) is 17.0 Å². The van der Waals surface area contributed by atoms with Crippen molar-refractivity contribution >= 4 is 10.9 Å². The maximum Gasteiger partial charge on any atom is 0.331 e. The van der Waals surface area contributed by atoms with Gasteiger partial charge >= 0.3 is 5.69 Å². The van der Waals surface area contributed by atoms with Gasteiger partial charge in [0.05, 0.1) is 28.9 Å². The van der Waals surface area contributed by atoms with Crippen LogP contribution in [0.25, 0.3) is 22.2 Å². The van der Waals surface area contributed by atoms with Gasteiger partial charge in [-0.1, -0.05) is 35.9 Å². The minimum Gasteiger partial charge on any atom is -0.508 e. The van der Waals surface area contributed by atoms with E-state index in [0.29, 0.717) is 24.1 Å². The van der Waals surface area contributed by atoms with E-state index < -0.39 is 6.10 Å². The first-order valence-corrected chi connectivity index (χ1v) is 10.2. The molecule has 0 saturated carbocycles. The third-order valence-corrected chi connectivity index (χ3v) is 6.04. The smallest absolute Gasteiger partial charge is 0.331 e. The first kappa shape index (κ1) is 19.4. The van der Waals surface area contributed by atoms with Crippen LogP contribution in [0.3, 0.4) is 0 Å². The Kier molecular flexibility index (Phi) is 4.37. The van der Waals surface area contributed by atoms with Crippen molar-refractivity contribution in [1.82, 2.24) is 13.7 Å². The molecule has 1 atom stereocenters. The van der Waals surface area contributed by atoms with Gasteiger partial charge in [0.15, 0.2) is 0 Å². The molecule has 1 N–H and O–H groups in total. The lowest BCUT2D eigenvalue weighted by molar-refractivity contribution is 0.0478. The Hall–Kier alpha value is -3.58. The molecule has 0 fully saturated rings. The molecule has 1 aliphatic rings. The van der Waals surface area contributed by atoms with Gasteiger partial charge in [-0.3, -0.25) is 13.9 Å². The van der Waals surface area contributed by atoms with Gasteiger partial charge in [-0.25, -0.2) is 4.79 Å². The van der Waals surface area contributed by atoms with Gasteiger partial charge in [0.2, 0.25) is 0 Å². The van der Waals surface area contributed by atoms with Crippen LogP contribution in [0.15, 0.2) is 58.1 Å². The number of hydrogen-bond donors (Lipinski definition) is 1. The zero-order chi connectivity index (χ0) is 21.9. The topological polar surface area (TPSA) is 78.4 Å². The van der Waals surface area contributed by atoms with E-state index in [9.17, 15) is 14.7 Å². The maximum atomic E-state index is 13.3. The van der Waals surface area contributed by atoms with E-state index in [1.165, 1.54) is 11.6 Å². The van der Waals surface area contributed by atoms with Crippen molar-refractivity contribution in [3.05, 3.63) is 86.2 Å². The van der Waals surface area contributed by atoms with E-state index >= 15 is 0 Å². The minimum absolute atomic E-state index is 0.168. The Labute approximate surface area is 178 Å². The number of ether oxygens (including phenoxy) is 1. The molecule has 1 aliphatic heterocycles. The maximum absolute atomic E-state index is 13.3. The van der Waals surface area contributed by atoms with Gasteiger partial charge in [-0.2, -0.15) is 0 Å². The highest BCUT2D eigenvalue weighted by Crippen LogP contribution is 2.40. The Morgan fingerprint density at radius 3 is 2.48 bits per heavy atom. The molecule has 7 heteroatoms. The lowest BCUT2D eigenvalue weighted by Gasteiger charge is -2.27. The first-order valence-electron chi connectivity index (χ1n) is 10.2. The van der Waals surface area contributed by atoms with Crippen LogP contribution in [0.1, 0.15) is 22.9 Å². The second-order valence-electron chi connectivity index (χ2n) is 8.03. The van der Waals surface area contributed by atoms with Gasteiger partial charge in [0.1, 0.15) is 11.9 Å². The number of rotatable bonds is 2. The minimum atomic E-state index is -0.465. The van der Waals surface area contributed by atoms with E-state index in [4.69, 9.17) is 4.74 Å². The number of benzene rings is 2. The lowest BCUT2D eigenvalue weighted by Crippen LogP contribution is -2.37. The number of aromatic nitrogens is 3. The van der Waals surface area contributed by atoms with Gasteiger partial charge in [0, 0.05) is 20.6 Å². The molecule has 5 rings (SSSR count). The number of nitrogens with zero attached hydrogens (tertiary/aromatic N) is 3. The Morgan fingerprint density at radius 1 is 1.03 bits per heavy atom. The van der Waals surface area contributed by atoms with Gasteiger partial charge in [-0.15, -0.1) is 0 Å². The summed E-state index contributed by atoms with van der Waals surface area (Å²) >= 11 is 0. The van der Waals surface area contributed by atoms with Crippen LogP contribution in [0.5, 0.6) is 5.75 Å². The van der Waals surface area contributed by atoms with Crippen LogP contribution < -0.4 is 11.2 Å².